The first-order chi connectivity index (χ1) is 11.9. The van der Waals surface area contributed by atoms with Crippen molar-refractivity contribution >= 4 is 16.8 Å². The van der Waals surface area contributed by atoms with Gasteiger partial charge in [-0.15, -0.1) is 0 Å². The Hall–Kier alpha value is -2.96. The summed E-state index contributed by atoms with van der Waals surface area (Å²) in [4.78, 5) is 21.2. The molecule has 25 heavy (non-hydrogen) atoms. The van der Waals surface area contributed by atoms with Crippen molar-refractivity contribution in [2.24, 2.45) is 0 Å². The van der Waals surface area contributed by atoms with Gasteiger partial charge in [0.1, 0.15) is 17.3 Å². The van der Waals surface area contributed by atoms with Gasteiger partial charge in [-0.2, -0.15) is 5.10 Å². The van der Waals surface area contributed by atoms with E-state index in [-0.39, 0.29) is 17.9 Å². The topological polar surface area (TPSA) is 92.8 Å². The third-order valence-corrected chi connectivity index (χ3v) is 3.75. The molecule has 7 heteroatoms. The molecule has 0 bridgehead atoms. The molecule has 0 saturated heterocycles. The van der Waals surface area contributed by atoms with Gasteiger partial charge in [0.2, 0.25) is 0 Å². The fourth-order valence-electron chi connectivity index (χ4n) is 2.39. The van der Waals surface area contributed by atoms with Gasteiger partial charge >= 0.3 is 0 Å². The Labute approximate surface area is 145 Å². The molecule has 1 aromatic carbocycles. The SMILES string of the molecule is COc1cc(C(=O)NCc2nc(C(C)(C)C)n[nH]2)nc2ccccc12. The van der Waals surface area contributed by atoms with E-state index in [4.69, 9.17) is 4.74 Å². The zero-order chi connectivity index (χ0) is 18.0. The lowest BCUT2D eigenvalue weighted by molar-refractivity contribution is 0.0945. The first kappa shape index (κ1) is 16.9. The van der Waals surface area contributed by atoms with Crippen molar-refractivity contribution in [1.29, 1.82) is 0 Å². The van der Waals surface area contributed by atoms with Crippen molar-refractivity contribution in [1.82, 2.24) is 25.5 Å². The molecule has 3 rings (SSSR count). The van der Waals surface area contributed by atoms with Crippen molar-refractivity contribution in [3.63, 3.8) is 0 Å². The number of nitrogens with one attached hydrogen (secondary N) is 2. The summed E-state index contributed by atoms with van der Waals surface area (Å²) in [6.45, 7) is 6.34. The van der Waals surface area contributed by atoms with Gasteiger partial charge in [0.05, 0.1) is 19.2 Å². The standard InChI is InChI=1S/C18H21N5O2/c1-18(2,3)17-21-15(22-23-17)10-19-16(24)13-9-14(25-4)11-7-5-6-8-12(11)20-13/h5-9H,10H2,1-4H3,(H,19,24)(H,21,22,23). The van der Waals surface area contributed by atoms with Crippen LogP contribution in [-0.4, -0.2) is 33.2 Å². The maximum Gasteiger partial charge on any atom is 0.270 e. The van der Waals surface area contributed by atoms with E-state index >= 15 is 0 Å². The van der Waals surface area contributed by atoms with Crippen LogP contribution in [0, 0.1) is 0 Å². The van der Waals surface area contributed by atoms with Crippen LogP contribution in [0.1, 0.15) is 42.9 Å². The van der Waals surface area contributed by atoms with E-state index in [0.717, 1.165) is 5.39 Å². The number of para-hydroxylation sites is 1. The first-order valence-electron chi connectivity index (χ1n) is 8.02. The summed E-state index contributed by atoms with van der Waals surface area (Å²) in [5.74, 6) is 1.64. The van der Waals surface area contributed by atoms with Crippen LogP contribution in [0.5, 0.6) is 5.75 Å². The second-order valence-electron chi connectivity index (χ2n) is 6.77. The number of benzene rings is 1. The van der Waals surface area contributed by atoms with Gasteiger partial charge in [0, 0.05) is 16.9 Å². The summed E-state index contributed by atoms with van der Waals surface area (Å²) in [5.41, 5.74) is 0.860. The highest BCUT2D eigenvalue weighted by Gasteiger charge is 2.19. The lowest BCUT2D eigenvalue weighted by Crippen LogP contribution is -2.24. The first-order valence-corrected chi connectivity index (χ1v) is 8.02. The number of pyridine rings is 1. The number of ether oxygens (including phenoxy) is 1. The number of carbonyl (C=O) groups is 1. The van der Waals surface area contributed by atoms with Crippen LogP contribution in [0.3, 0.4) is 0 Å². The summed E-state index contributed by atoms with van der Waals surface area (Å²) < 4.78 is 5.37. The Kier molecular flexibility index (Phi) is 4.39. The number of rotatable bonds is 4. The van der Waals surface area contributed by atoms with E-state index in [1.807, 2.05) is 45.0 Å². The number of carbonyl (C=O) groups excluding carboxylic acids is 1. The molecule has 0 unspecified atom stereocenters. The molecular weight excluding hydrogens is 318 g/mol. The number of hydrogen-bond acceptors (Lipinski definition) is 5. The third-order valence-electron chi connectivity index (χ3n) is 3.75. The van der Waals surface area contributed by atoms with Gasteiger partial charge in [-0.25, -0.2) is 9.97 Å². The average molecular weight is 339 g/mol. The summed E-state index contributed by atoms with van der Waals surface area (Å²) in [7, 11) is 1.58. The van der Waals surface area contributed by atoms with Gasteiger partial charge in [-0.05, 0) is 12.1 Å². The lowest BCUT2D eigenvalue weighted by atomic mass is 9.96. The molecule has 7 nitrogen and oxygen atoms in total. The van der Waals surface area contributed by atoms with E-state index in [0.29, 0.717) is 28.6 Å². The van der Waals surface area contributed by atoms with Crippen LogP contribution in [0.4, 0.5) is 0 Å². The van der Waals surface area contributed by atoms with Gasteiger partial charge < -0.3 is 10.1 Å². The van der Waals surface area contributed by atoms with Gasteiger partial charge in [0.25, 0.3) is 5.91 Å². The molecule has 3 aromatic rings. The monoisotopic (exact) mass is 339 g/mol. The molecule has 0 saturated carbocycles. The quantitative estimate of drug-likeness (QED) is 0.762. The highest BCUT2D eigenvalue weighted by molar-refractivity contribution is 5.96. The summed E-state index contributed by atoms with van der Waals surface area (Å²) >= 11 is 0. The molecule has 0 spiro atoms. The predicted molar refractivity (Wildman–Crippen MR) is 94.5 cm³/mol. The second-order valence-corrected chi connectivity index (χ2v) is 6.77. The van der Waals surface area contributed by atoms with Crippen LogP contribution in [0.15, 0.2) is 30.3 Å². The zero-order valence-electron chi connectivity index (χ0n) is 14.8. The van der Waals surface area contributed by atoms with E-state index in [2.05, 4.69) is 25.5 Å². The number of aromatic amines is 1. The number of fused-ring (bicyclic) bond motifs is 1. The maximum atomic E-state index is 12.4. The second kappa shape index (κ2) is 6.51. The largest absolute Gasteiger partial charge is 0.496 e. The van der Waals surface area contributed by atoms with Crippen LogP contribution >= 0.6 is 0 Å². The Morgan fingerprint density at radius 1 is 1.24 bits per heavy atom. The predicted octanol–water partition coefficient (Wildman–Crippen LogP) is 2.59. The molecule has 0 aliphatic heterocycles. The van der Waals surface area contributed by atoms with Gasteiger partial charge in [0.15, 0.2) is 5.82 Å². The van der Waals surface area contributed by atoms with Crippen LogP contribution in [0.25, 0.3) is 10.9 Å². The smallest absolute Gasteiger partial charge is 0.270 e. The molecular formula is C18H21N5O2. The lowest BCUT2D eigenvalue weighted by Gasteiger charge is -2.12. The zero-order valence-corrected chi connectivity index (χ0v) is 14.8. The molecule has 2 N–H and O–H groups in total. The Morgan fingerprint density at radius 2 is 2.00 bits per heavy atom. The van der Waals surface area contributed by atoms with E-state index < -0.39 is 0 Å². The number of hydrogen-bond donors (Lipinski definition) is 2. The number of amides is 1. The fourth-order valence-corrected chi connectivity index (χ4v) is 2.39. The molecule has 0 fully saturated rings. The highest BCUT2D eigenvalue weighted by Crippen LogP contribution is 2.25. The summed E-state index contributed by atoms with van der Waals surface area (Å²) in [6.07, 6.45) is 0. The minimum absolute atomic E-state index is 0.147. The molecule has 0 aliphatic rings. The molecule has 0 radical (unpaired) electrons. The molecule has 130 valence electrons. The number of nitrogens with zero attached hydrogens (tertiary/aromatic N) is 3. The van der Waals surface area contributed by atoms with Crippen molar-refractivity contribution in [2.75, 3.05) is 7.11 Å². The van der Waals surface area contributed by atoms with E-state index in [1.54, 1.807) is 13.2 Å². The van der Waals surface area contributed by atoms with Gasteiger partial charge in [-0.1, -0.05) is 32.9 Å². The molecule has 0 atom stereocenters. The molecule has 2 heterocycles. The van der Waals surface area contributed by atoms with Crippen LogP contribution in [-0.2, 0) is 12.0 Å². The molecule has 1 amide bonds. The highest BCUT2D eigenvalue weighted by atomic mass is 16.5. The Morgan fingerprint density at radius 3 is 2.68 bits per heavy atom. The molecule has 0 aliphatic carbocycles. The number of methoxy groups -OCH3 is 1. The van der Waals surface area contributed by atoms with Crippen molar-refractivity contribution < 1.29 is 9.53 Å². The van der Waals surface area contributed by atoms with E-state index in [1.165, 1.54) is 0 Å². The summed E-state index contributed by atoms with van der Waals surface area (Å²) in [5, 5.41) is 10.7. The van der Waals surface area contributed by atoms with Crippen LogP contribution in [0.2, 0.25) is 0 Å². The summed E-state index contributed by atoms with van der Waals surface area (Å²) in [6, 6.07) is 9.17. The van der Waals surface area contributed by atoms with Crippen LogP contribution < -0.4 is 10.1 Å². The van der Waals surface area contributed by atoms with Crippen molar-refractivity contribution in [3.8, 4) is 5.75 Å². The van der Waals surface area contributed by atoms with E-state index in [9.17, 15) is 4.79 Å². The maximum absolute atomic E-state index is 12.4. The minimum atomic E-state index is -0.294. The molecule has 2 aromatic heterocycles. The average Bonchev–Trinajstić information content (AvgIpc) is 3.08. The normalized spacial score (nSPS) is 11.5. The Balaban J connectivity index is 1.77. The van der Waals surface area contributed by atoms with Crippen molar-refractivity contribution in [2.45, 2.75) is 32.7 Å². The van der Waals surface area contributed by atoms with Crippen molar-refractivity contribution in [3.05, 3.63) is 47.7 Å². The number of aromatic nitrogens is 4. The Bertz CT molecular complexity index is 911. The fraction of sp³-hybridized carbons (Fsp3) is 0.333. The minimum Gasteiger partial charge on any atom is -0.496 e. The third kappa shape index (κ3) is 3.60. The number of H-pyrrole nitrogens is 1. The van der Waals surface area contributed by atoms with Gasteiger partial charge in [-0.3, -0.25) is 9.89 Å².